The Bertz CT molecular complexity index is 500. The summed E-state index contributed by atoms with van der Waals surface area (Å²) in [6, 6.07) is 1.89. The summed E-state index contributed by atoms with van der Waals surface area (Å²) < 4.78 is 10.5. The number of nitrogens with two attached hydrogens (primary N) is 1. The SMILES string of the molecule is COCC(C)NC(N)=NCc1cnc(OCC(C)C)c(Cl)c1.I. The molecule has 1 aromatic rings. The predicted octanol–water partition coefficient (Wildman–Crippen LogP) is 2.83. The standard InChI is InChI=1S/C15H25ClN4O2.HI/c1-10(2)8-22-14-13(16)5-12(6-18-14)7-19-15(17)20-11(3)9-21-4;/h5-6,10-11H,7-9H2,1-4H3,(H3,17,19,20);1H. The average Bonchev–Trinajstić information content (AvgIpc) is 2.44. The normalized spacial score (nSPS) is 12.7. The number of nitrogens with one attached hydrogen (secondary N) is 1. The number of nitrogens with zero attached hydrogens (tertiary/aromatic N) is 2. The first-order chi connectivity index (χ1) is 10.4. The minimum Gasteiger partial charge on any atom is -0.476 e. The molecular weight excluding hydrogens is 431 g/mol. The molecule has 0 aliphatic carbocycles. The van der Waals surface area contributed by atoms with E-state index in [1.165, 1.54) is 0 Å². The first kappa shape index (κ1) is 22.2. The summed E-state index contributed by atoms with van der Waals surface area (Å²) in [6.45, 7) is 7.64. The van der Waals surface area contributed by atoms with Crippen LogP contribution in [0.1, 0.15) is 26.3 Å². The molecule has 23 heavy (non-hydrogen) atoms. The second-order valence-corrected chi connectivity index (χ2v) is 5.94. The largest absolute Gasteiger partial charge is 0.476 e. The maximum absolute atomic E-state index is 6.15. The number of halogens is 2. The number of hydrogen-bond donors (Lipinski definition) is 2. The van der Waals surface area contributed by atoms with E-state index < -0.39 is 0 Å². The van der Waals surface area contributed by atoms with E-state index in [9.17, 15) is 0 Å². The van der Waals surface area contributed by atoms with E-state index >= 15 is 0 Å². The van der Waals surface area contributed by atoms with Crippen molar-refractivity contribution >= 4 is 41.5 Å². The van der Waals surface area contributed by atoms with E-state index in [1.54, 1.807) is 19.4 Å². The highest BCUT2D eigenvalue weighted by atomic mass is 127. The zero-order valence-corrected chi connectivity index (χ0v) is 17.1. The average molecular weight is 457 g/mol. The minimum atomic E-state index is 0. The third-order valence-corrected chi connectivity index (χ3v) is 2.93. The Morgan fingerprint density at radius 3 is 2.65 bits per heavy atom. The van der Waals surface area contributed by atoms with E-state index in [-0.39, 0.29) is 30.0 Å². The number of rotatable bonds is 8. The molecule has 0 aromatic carbocycles. The van der Waals surface area contributed by atoms with Gasteiger partial charge in [-0.15, -0.1) is 24.0 Å². The van der Waals surface area contributed by atoms with Crippen molar-refractivity contribution in [3.05, 3.63) is 22.8 Å². The van der Waals surface area contributed by atoms with E-state index in [2.05, 4.69) is 29.1 Å². The van der Waals surface area contributed by atoms with Gasteiger partial charge < -0.3 is 20.5 Å². The molecule has 1 aromatic heterocycles. The number of hydrogen-bond acceptors (Lipinski definition) is 4. The van der Waals surface area contributed by atoms with Crippen LogP contribution >= 0.6 is 35.6 Å². The van der Waals surface area contributed by atoms with Crippen LogP contribution < -0.4 is 15.8 Å². The summed E-state index contributed by atoms with van der Waals surface area (Å²) in [5, 5.41) is 3.51. The molecule has 0 fully saturated rings. The molecule has 1 unspecified atom stereocenters. The lowest BCUT2D eigenvalue weighted by Crippen LogP contribution is -2.40. The monoisotopic (exact) mass is 456 g/mol. The summed E-state index contributed by atoms with van der Waals surface area (Å²) in [6.07, 6.45) is 1.69. The molecule has 0 aliphatic heterocycles. The molecule has 0 amide bonds. The maximum Gasteiger partial charge on any atom is 0.232 e. The Morgan fingerprint density at radius 1 is 1.39 bits per heavy atom. The van der Waals surface area contributed by atoms with Crippen LogP contribution in [0.2, 0.25) is 5.02 Å². The number of aromatic nitrogens is 1. The molecule has 6 nitrogen and oxygen atoms in total. The van der Waals surface area contributed by atoms with Gasteiger partial charge in [-0.25, -0.2) is 9.98 Å². The van der Waals surface area contributed by atoms with Crippen molar-refractivity contribution in [3.8, 4) is 5.88 Å². The van der Waals surface area contributed by atoms with Crippen LogP contribution in [-0.2, 0) is 11.3 Å². The molecule has 3 N–H and O–H groups in total. The van der Waals surface area contributed by atoms with Gasteiger partial charge >= 0.3 is 0 Å². The fourth-order valence-electron chi connectivity index (χ4n) is 1.67. The second-order valence-electron chi connectivity index (χ2n) is 5.54. The number of aliphatic imine (C=N–C) groups is 1. The van der Waals surface area contributed by atoms with Gasteiger partial charge in [0.15, 0.2) is 5.96 Å². The molecular formula is C15H26ClIN4O2. The van der Waals surface area contributed by atoms with Crippen molar-refractivity contribution in [2.24, 2.45) is 16.6 Å². The highest BCUT2D eigenvalue weighted by Crippen LogP contribution is 2.23. The molecule has 0 saturated carbocycles. The van der Waals surface area contributed by atoms with Gasteiger partial charge in [0.25, 0.3) is 0 Å². The Labute approximate surface area is 160 Å². The molecule has 1 atom stereocenters. The van der Waals surface area contributed by atoms with Gasteiger partial charge in [-0.3, -0.25) is 0 Å². The first-order valence-electron chi connectivity index (χ1n) is 7.25. The van der Waals surface area contributed by atoms with Crippen LogP contribution in [0.15, 0.2) is 17.3 Å². The van der Waals surface area contributed by atoms with Crippen LogP contribution in [0.25, 0.3) is 0 Å². The maximum atomic E-state index is 6.15. The number of pyridine rings is 1. The van der Waals surface area contributed by atoms with Crippen molar-refractivity contribution in [3.63, 3.8) is 0 Å². The van der Waals surface area contributed by atoms with Crippen LogP contribution in [0.3, 0.4) is 0 Å². The lowest BCUT2D eigenvalue weighted by atomic mass is 10.2. The molecule has 0 radical (unpaired) electrons. The zero-order chi connectivity index (χ0) is 16.5. The smallest absolute Gasteiger partial charge is 0.232 e. The van der Waals surface area contributed by atoms with Crippen LogP contribution in [-0.4, -0.2) is 37.3 Å². The lowest BCUT2D eigenvalue weighted by Gasteiger charge is -2.13. The number of guanidine groups is 1. The van der Waals surface area contributed by atoms with Gasteiger partial charge in [-0.2, -0.15) is 0 Å². The first-order valence-corrected chi connectivity index (χ1v) is 7.62. The summed E-state index contributed by atoms with van der Waals surface area (Å²) >= 11 is 6.15. The van der Waals surface area contributed by atoms with Crippen molar-refractivity contribution < 1.29 is 9.47 Å². The lowest BCUT2D eigenvalue weighted by molar-refractivity contribution is 0.179. The van der Waals surface area contributed by atoms with Gasteiger partial charge in [-0.1, -0.05) is 25.4 Å². The van der Waals surface area contributed by atoms with E-state index in [4.69, 9.17) is 26.8 Å². The number of methoxy groups -OCH3 is 1. The van der Waals surface area contributed by atoms with Crippen molar-refractivity contribution in [1.29, 1.82) is 0 Å². The fourth-order valence-corrected chi connectivity index (χ4v) is 1.91. The Morgan fingerprint density at radius 2 is 2.09 bits per heavy atom. The summed E-state index contributed by atoms with van der Waals surface area (Å²) in [4.78, 5) is 8.46. The van der Waals surface area contributed by atoms with Gasteiger partial charge in [0.1, 0.15) is 5.02 Å². The van der Waals surface area contributed by atoms with Crippen LogP contribution in [0, 0.1) is 5.92 Å². The summed E-state index contributed by atoms with van der Waals surface area (Å²) in [5.74, 6) is 1.23. The van der Waals surface area contributed by atoms with Crippen molar-refractivity contribution in [2.75, 3.05) is 20.3 Å². The Kier molecular flexibility index (Phi) is 11.3. The Hall–Kier alpha value is -0.800. The highest BCUT2D eigenvalue weighted by molar-refractivity contribution is 14.0. The van der Waals surface area contributed by atoms with Crippen molar-refractivity contribution in [2.45, 2.75) is 33.4 Å². The van der Waals surface area contributed by atoms with E-state index in [1.807, 2.05) is 6.92 Å². The number of ether oxygens (including phenoxy) is 2. The second kappa shape index (κ2) is 11.7. The summed E-state index contributed by atoms with van der Waals surface area (Å²) in [5.41, 5.74) is 6.67. The molecule has 1 rings (SSSR count). The van der Waals surface area contributed by atoms with Crippen LogP contribution in [0.5, 0.6) is 5.88 Å². The van der Waals surface area contributed by atoms with E-state index in [0.29, 0.717) is 42.5 Å². The van der Waals surface area contributed by atoms with Crippen LogP contribution in [0.4, 0.5) is 0 Å². The topological polar surface area (TPSA) is 81.8 Å². The molecule has 0 aliphatic rings. The summed E-state index contributed by atoms with van der Waals surface area (Å²) in [7, 11) is 1.64. The predicted molar refractivity (Wildman–Crippen MR) is 105 cm³/mol. The minimum absolute atomic E-state index is 0. The third kappa shape index (κ3) is 9.17. The third-order valence-electron chi connectivity index (χ3n) is 2.66. The molecule has 132 valence electrons. The Balaban J connectivity index is 0.00000484. The fraction of sp³-hybridized carbons (Fsp3) is 0.600. The zero-order valence-electron chi connectivity index (χ0n) is 14.0. The van der Waals surface area contributed by atoms with Gasteiger partial charge in [0, 0.05) is 19.3 Å². The quantitative estimate of drug-likeness (QED) is 0.357. The van der Waals surface area contributed by atoms with Gasteiger partial charge in [-0.05, 0) is 24.5 Å². The highest BCUT2D eigenvalue weighted by Gasteiger charge is 2.06. The molecule has 0 spiro atoms. The van der Waals surface area contributed by atoms with E-state index in [0.717, 1.165) is 5.56 Å². The van der Waals surface area contributed by atoms with Gasteiger partial charge in [0.2, 0.25) is 5.88 Å². The van der Waals surface area contributed by atoms with Gasteiger partial charge in [0.05, 0.1) is 19.8 Å². The molecule has 1 heterocycles. The molecule has 0 bridgehead atoms. The molecule has 8 heteroatoms. The van der Waals surface area contributed by atoms with Crippen molar-refractivity contribution in [1.82, 2.24) is 10.3 Å². The molecule has 0 saturated heterocycles.